The molecule has 4 aliphatic carbocycles. The van der Waals surface area contributed by atoms with E-state index in [-0.39, 0.29) is 35.9 Å². The van der Waals surface area contributed by atoms with Crippen molar-refractivity contribution in [2.24, 2.45) is 0 Å². The minimum atomic E-state index is -4.64. The predicted molar refractivity (Wildman–Crippen MR) is 97.6 cm³/mol. The molecule has 1 aromatic rings. The highest BCUT2D eigenvalue weighted by Crippen LogP contribution is 2.60. The van der Waals surface area contributed by atoms with Crippen molar-refractivity contribution >= 4 is 12.0 Å². The van der Waals surface area contributed by atoms with Gasteiger partial charge >= 0.3 is 12.5 Å². The van der Waals surface area contributed by atoms with E-state index >= 15 is 0 Å². The molecular weight excluding hydrogens is 405 g/mol. The van der Waals surface area contributed by atoms with Crippen LogP contribution >= 0.6 is 0 Å². The molecule has 1 heterocycles. The van der Waals surface area contributed by atoms with Crippen LogP contribution in [0.15, 0.2) is 12.4 Å². The molecule has 30 heavy (non-hydrogen) atoms. The molecule has 2 bridgehead atoms. The third-order valence-electron chi connectivity index (χ3n) is 5.78. The molecule has 4 saturated carbocycles. The maximum atomic E-state index is 12.5. The topological polar surface area (TPSA) is 94.5 Å². The van der Waals surface area contributed by atoms with Crippen molar-refractivity contribution in [1.82, 2.24) is 20.4 Å². The van der Waals surface area contributed by atoms with Gasteiger partial charge in [-0.15, -0.1) is 13.2 Å². The zero-order valence-corrected chi connectivity index (χ0v) is 17.0. The lowest BCUT2D eigenvalue weighted by atomic mass is 9.44. The summed E-state index contributed by atoms with van der Waals surface area (Å²) in [5, 5.41) is 9.99. The Morgan fingerprint density at radius 3 is 2.30 bits per heavy atom. The summed E-state index contributed by atoms with van der Waals surface area (Å²) in [6.07, 6.45) is -0.701. The zero-order valence-electron chi connectivity index (χ0n) is 17.0. The molecule has 11 heteroatoms. The number of alkyl carbamates (subject to hydrolysis) is 1. The number of hydrogen-bond donors (Lipinski definition) is 2. The third kappa shape index (κ3) is 4.26. The second-order valence-corrected chi connectivity index (χ2v) is 9.69. The molecule has 1 aromatic heterocycles. The smallest absolute Gasteiger partial charge is 0.444 e. The number of hydrogen-bond acceptors (Lipinski definition) is 5. The number of carbonyl (C=O) groups excluding carboxylic acids is 2. The molecule has 166 valence electrons. The summed E-state index contributed by atoms with van der Waals surface area (Å²) < 4.78 is 47.4. The van der Waals surface area contributed by atoms with Crippen molar-refractivity contribution in [2.75, 3.05) is 0 Å². The molecule has 4 fully saturated rings. The number of alkyl halides is 3. The summed E-state index contributed by atoms with van der Waals surface area (Å²) in [4.78, 5) is 24.5. The van der Waals surface area contributed by atoms with Gasteiger partial charge < -0.3 is 15.4 Å². The van der Waals surface area contributed by atoms with Crippen molar-refractivity contribution in [1.29, 1.82) is 0 Å². The second kappa shape index (κ2) is 6.60. The Morgan fingerprint density at radius 2 is 1.73 bits per heavy atom. The standard InChI is InChI=1S/C19H25F3N4O4/c1-16(2,3)30-15(28)25-18-8-17(9-18,10-18)24-14(27)11-6-23-26(7-11)12-4-13(5-12)29-19(20,21)22/h6-7,12-13H,4-5,8-10H2,1-3H3,(H,24,27)(H,25,28)/t12-,13+,17?,18?. The minimum absolute atomic E-state index is 0.199. The fourth-order valence-electron chi connectivity index (χ4n) is 4.58. The number of halogens is 3. The van der Waals surface area contributed by atoms with E-state index in [2.05, 4.69) is 20.5 Å². The van der Waals surface area contributed by atoms with Gasteiger partial charge in [0.25, 0.3) is 5.91 Å². The largest absolute Gasteiger partial charge is 0.522 e. The van der Waals surface area contributed by atoms with Gasteiger partial charge in [-0.3, -0.25) is 14.2 Å². The summed E-state index contributed by atoms with van der Waals surface area (Å²) in [5.74, 6) is -0.283. The van der Waals surface area contributed by atoms with Crippen molar-refractivity contribution in [3.63, 3.8) is 0 Å². The van der Waals surface area contributed by atoms with Crippen LogP contribution < -0.4 is 10.6 Å². The molecule has 0 saturated heterocycles. The molecule has 0 radical (unpaired) electrons. The van der Waals surface area contributed by atoms with Gasteiger partial charge in [0.05, 0.1) is 29.4 Å². The Hall–Kier alpha value is -2.30. The van der Waals surface area contributed by atoms with Gasteiger partial charge in [0.2, 0.25) is 0 Å². The number of aromatic nitrogens is 2. The summed E-state index contributed by atoms with van der Waals surface area (Å²) in [6, 6.07) is -0.213. The van der Waals surface area contributed by atoms with E-state index < -0.39 is 24.2 Å². The quantitative estimate of drug-likeness (QED) is 0.749. The van der Waals surface area contributed by atoms with Gasteiger partial charge in [-0.25, -0.2) is 4.79 Å². The number of rotatable bonds is 5. The zero-order chi connectivity index (χ0) is 21.9. The second-order valence-electron chi connectivity index (χ2n) is 9.69. The first-order chi connectivity index (χ1) is 13.8. The van der Waals surface area contributed by atoms with Crippen molar-refractivity contribution < 1.29 is 32.2 Å². The first kappa shape index (κ1) is 21.0. The van der Waals surface area contributed by atoms with E-state index in [4.69, 9.17) is 4.74 Å². The fraction of sp³-hybridized carbons (Fsp3) is 0.737. The number of nitrogens with one attached hydrogen (secondary N) is 2. The van der Waals surface area contributed by atoms with E-state index in [9.17, 15) is 22.8 Å². The molecule has 8 nitrogen and oxygen atoms in total. The van der Waals surface area contributed by atoms with Crippen LogP contribution in [0.2, 0.25) is 0 Å². The molecule has 2 amide bonds. The van der Waals surface area contributed by atoms with E-state index in [0.29, 0.717) is 24.8 Å². The molecule has 4 aliphatic rings. The summed E-state index contributed by atoms with van der Waals surface area (Å²) in [5.41, 5.74) is -0.872. The summed E-state index contributed by atoms with van der Waals surface area (Å²) in [6.45, 7) is 5.39. The lowest BCUT2D eigenvalue weighted by Gasteiger charge is -2.70. The third-order valence-corrected chi connectivity index (χ3v) is 5.78. The normalized spacial score (nSPS) is 32.3. The molecule has 0 aromatic carbocycles. The van der Waals surface area contributed by atoms with Gasteiger partial charge in [-0.05, 0) is 52.9 Å². The van der Waals surface area contributed by atoms with Gasteiger partial charge in [-0.1, -0.05) is 0 Å². The van der Waals surface area contributed by atoms with Crippen LogP contribution in [0.3, 0.4) is 0 Å². The van der Waals surface area contributed by atoms with Crippen LogP contribution in [-0.2, 0) is 9.47 Å². The molecule has 0 unspecified atom stereocenters. The lowest BCUT2D eigenvalue weighted by Crippen LogP contribution is -2.83. The van der Waals surface area contributed by atoms with Gasteiger partial charge in [-0.2, -0.15) is 5.10 Å². The number of nitrogens with zero attached hydrogens (tertiary/aromatic N) is 2. The minimum Gasteiger partial charge on any atom is -0.444 e. The van der Waals surface area contributed by atoms with Crippen LogP contribution in [-0.4, -0.2) is 50.9 Å². The van der Waals surface area contributed by atoms with Crippen LogP contribution in [0.5, 0.6) is 0 Å². The van der Waals surface area contributed by atoms with Crippen molar-refractivity contribution in [3.05, 3.63) is 18.0 Å². The summed E-state index contributed by atoms with van der Waals surface area (Å²) >= 11 is 0. The number of amides is 2. The molecule has 2 N–H and O–H groups in total. The van der Waals surface area contributed by atoms with Gasteiger partial charge in [0.1, 0.15) is 5.60 Å². The Labute approximate surface area is 171 Å². The maximum Gasteiger partial charge on any atom is 0.522 e. The van der Waals surface area contributed by atoms with Crippen molar-refractivity contribution in [3.8, 4) is 0 Å². The van der Waals surface area contributed by atoms with Crippen LogP contribution in [0, 0.1) is 0 Å². The highest BCUT2D eigenvalue weighted by Gasteiger charge is 2.69. The average molecular weight is 430 g/mol. The number of carbonyl (C=O) groups is 2. The van der Waals surface area contributed by atoms with E-state index in [0.717, 1.165) is 0 Å². The Balaban J connectivity index is 1.23. The van der Waals surface area contributed by atoms with Crippen LogP contribution in [0.25, 0.3) is 0 Å². The maximum absolute atomic E-state index is 12.5. The first-order valence-corrected chi connectivity index (χ1v) is 9.88. The molecule has 0 aliphatic heterocycles. The number of ether oxygens (including phenoxy) is 2. The van der Waals surface area contributed by atoms with Crippen molar-refractivity contribution in [2.45, 2.75) is 88.1 Å². The Bertz CT molecular complexity index is 835. The highest BCUT2D eigenvalue weighted by molar-refractivity contribution is 5.94. The fourth-order valence-corrected chi connectivity index (χ4v) is 4.58. The van der Waals surface area contributed by atoms with Crippen LogP contribution in [0.4, 0.5) is 18.0 Å². The van der Waals surface area contributed by atoms with Crippen LogP contribution in [0.1, 0.15) is 69.3 Å². The predicted octanol–water partition coefficient (Wildman–Crippen LogP) is 3.05. The van der Waals surface area contributed by atoms with E-state index in [1.165, 1.54) is 10.9 Å². The summed E-state index contributed by atoms with van der Waals surface area (Å²) in [7, 11) is 0. The van der Waals surface area contributed by atoms with Gasteiger partial charge in [0.15, 0.2) is 0 Å². The monoisotopic (exact) mass is 430 g/mol. The average Bonchev–Trinajstić information content (AvgIpc) is 2.93. The molecular formula is C19H25F3N4O4. The first-order valence-electron chi connectivity index (χ1n) is 9.88. The molecule has 5 rings (SSSR count). The van der Waals surface area contributed by atoms with Gasteiger partial charge in [0, 0.05) is 11.7 Å². The Kier molecular flexibility index (Phi) is 4.61. The highest BCUT2D eigenvalue weighted by atomic mass is 19.4. The van der Waals surface area contributed by atoms with E-state index in [1.807, 2.05) is 0 Å². The molecule has 0 spiro atoms. The molecule has 0 atom stereocenters. The lowest BCUT2D eigenvalue weighted by molar-refractivity contribution is -0.353. The SMILES string of the molecule is CC(C)(C)OC(=O)NC12CC(NC(=O)c3cnn([C@H]4C[C@@H](OC(F)(F)F)C4)c3)(C1)C2. The Morgan fingerprint density at radius 1 is 1.13 bits per heavy atom. The van der Waals surface area contributed by atoms with E-state index in [1.54, 1.807) is 27.0 Å².